The van der Waals surface area contributed by atoms with E-state index >= 15 is 0 Å². The molecule has 0 saturated heterocycles. The van der Waals surface area contributed by atoms with Crippen molar-refractivity contribution in [3.63, 3.8) is 0 Å². The minimum absolute atomic E-state index is 0.0623. The number of benzene rings is 1. The number of hydrogen-bond donors (Lipinski definition) is 3. The molecule has 0 saturated carbocycles. The molecule has 1 amide bonds. The SMILES string of the molecule is NC(CO)c1nc(C(=O)NCc2cc(F)cc(C(F)(F)F)c2)co1. The smallest absolute Gasteiger partial charge is 0.416 e. The van der Waals surface area contributed by atoms with Crippen LogP contribution in [0.2, 0.25) is 0 Å². The number of aromatic nitrogens is 1. The Morgan fingerprint density at radius 3 is 2.71 bits per heavy atom. The maximum Gasteiger partial charge on any atom is 0.416 e. The van der Waals surface area contributed by atoms with Gasteiger partial charge >= 0.3 is 6.18 Å². The van der Waals surface area contributed by atoms with Gasteiger partial charge in [0.25, 0.3) is 5.91 Å². The van der Waals surface area contributed by atoms with Crippen LogP contribution in [0.25, 0.3) is 0 Å². The van der Waals surface area contributed by atoms with Crippen LogP contribution in [-0.2, 0) is 12.7 Å². The van der Waals surface area contributed by atoms with Gasteiger partial charge in [0, 0.05) is 6.54 Å². The number of oxazole rings is 1. The molecule has 130 valence electrons. The first kappa shape index (κ1) is 17.9. The number of rotatable bonds is 5. The maximum absolute atomic E-state index is 13.3. The minimum Gasteiger partial charge on any atom is -0.446 e. The van der Waals surface area contributed by atoms with Crippen LogP contribution in [0.5, 0.6) is 0 Å². The zero-order chi connectivity index (χ0) is 17.9. The van der Waals surface area contributed by atoms with E-state index in [0.717, 1.165) is 18.4 Å². The molecule has 24 heavy (non-hydrogen) atoms. The van der Waals surface area contributed by atoms with Gasteiger partial charge in [-0.05, 0) is 23.8 Å². The van der Waals surface area contributed by atoms with Gasteiger partial charge < -0.3 is 20.6 Å². The first-order valence-corrected chi connectivity index (χ1v) is 6.67. The van der Waals surface area contributed by atoms with Gasteiger partial charge in [0.15, 0.2) is 5.69 Å². The fourth-order valence-corrected chi connectivity index (χ4v) is 1.83. The largest absolute Gasteiger partial charge is 0.446 e. The van der Waals surface area contributed by atoms with Crippen molar-refractivity contribution in [1.29, 1.82) is 0 Å². The lowest BCUT2D eigenvalue weighted by Crippen LogP contribution is -2.24. The van der Waals surface area contributed by atoms with Crippen LogP contribution in [0.1, 0.15) is 33.5 Å². The molecule has 2 rings (SSSR count). The average Bonchev–Trinajstić information content (AvgIpc) is 3.00. The summed E-state index contributed by atoms with van der Waals surface area (Å²) in [6, 6.07) is 1.08. The Morgan fingerprint density at radius 2 is 2.08 bits per heavy atom. The van der Waals surface area contributed by atoms with E-state index in [0.29, 0.717) is 6.07 Å². The third-order valence-corrected chi connectivity index (χ3v) is 3.01. The molecule has 0 aliphatic carbocycles. The maximum atomic E-state index is 13.3. The van der Waals surface area contributed by atoms with Crippen molar-refractivity contribution >= 4 is 5.91 Å². The highest BCUT2D eigenvalue weighted by Crippen LogP contribution is 2.30. The molecule has 0 radical (unpaired) electrons. The molecule has 0 fully saturated rings. The lowest BCUT2D eigenvalue weighted by Gasteiger charge is -2.10. The summed E-state index contributed by atoms with van der Waals surface area (Å²) in [5.74, 6) is -1.87. The van der Waals surface area contributed by atoms with E-state index in [9.17, 15) is 22.4 Å². The summed E-state index contributed by atoms with van der Waals surface area (Å²) in [7, 11) is 0. The fraction of sp³-hybridized carbons (Fsp3) is 0.286. The molecule has 10 heteroatoms. The van der Waals surface area contributed by atoms with E-state index in [1.807, 2.05) is 0 Å². The standard InChI is InChI=1S/C14H13F4N3O3/c15-9-2-7(1-8(3-9)14(16,17)18)4-20-12(23)11-6-24-13(21-11)10(19)5-22/h1-3,6,10,22H,4-5,19H2,(H,20,23). The molecule has 1 aromatic carbocycles. The summed E-state index contributed by atoms with van der Waals surface area (Å²) in [5.41, 5.74) is 4.08. The molecule has 0 bridgehead atoms. The van der Waals surface area contributed by atoms with Gasteiger partial charge in [-0.15, -0.1) is 0 Å². The number of carbonyl (C=O) groups is 1. The van der Waals surface area contributed by atoms with Crippen LogP contribution >= 0.6 is 0 Å². The van der Waals surface area contributed by atoms with Gasteiger partial charge in [0.1, 0.15) is 18.1 Å². The number of hydrogen-bond acceptors (Lipinski definition) is 5. The molecule has 1 heterocycles. The summed E-state index contributed by atoms with van der Waals surface area (Å²) in [6.45, 7) is -0.779. The molecule has 0 aliphatic rings. The summed E-state index contributed by atoms with van der Waals surface area (Å²) in [6.07, 6.45) is -3.70. The molecular weight excluding hydrogens is 334 g/mol. The van der Waals surface area contributed by atoms with Crippen molar-refractivity contribution in [2.75, 3.05) is 6.61 Å². The Balaban J connectivity index is 2.06. The van der Waals surface area contributed by atoms with E-state index < -0.39 is 36.1 Å². The Morgan fingerprint density at radius 1 is 1.38 bits per heavy atom. The van der Waals surface area contributed by atoms with Crippen LogP contribution in [0.4, 0.5) is 17.6 Å². The summed E-state index contributed by atoms with van der Waals surface area (Å²) >= 11 is 0. The number of halogens is 4. The van der Waals surface area contributed by atoms with Crippen LogP contribution in [0.15, 0.2) is 28.9 Å². The van der Waals surface area contributed by atoms with Gasteiger partial charge in [0.2, 0.25) is 5.89 Å². The normalized spacial score (nSPS) is 12.9. The third-order valence-electron chi connectivity index (χ3n) is 3.01. The number of aliphatic hydroxyl groups excluding tert-OH is 1. The lowest BCUT2D eigenvalue weighted by atomic mass is 10.1. The van der Waals surface area contributed by atoms with Crippen molar-refractivity contribution in [2.24, 2.45) is 5.73 Å². The lowest BCUT2D eigenvalue weighted by molar-refractivity contribution is -0.137. The topological polar surface area (TPSA) is 101 Å². The predicted octanol–water partition coefficient (Wildman–Crippen LogP) is 1.75. The fourth-order valence-electron chi connectivity index (χ4n) is 1.83. The zero-order valence-corrected chi connectivity index (χ0v) is 12.1. The zero-order valence-electron chi connectivity index (χ0n) is 12.1. The van der Waals surface area contributed by atoms with E-state index in [4.69, 9.17) is 15.3 Å². The van der Waals surface area contributed by atoms with Crippen molar-refractivity contribution in [2.45, 2.75) is 18.8 Å². The molecule has 2 aromatic rings. The number of carbonyl (C=O) groups excluding carboxylic acids is 1. The third kappa shape index (κ3) is 4.30. The number of aliphatic hydroxyl groups is 1. The molecule has 0 aliphatic heterocycles. The van der Waals surface area contributed by atoms with E-state index in [1.54, 1.807) is 0 Å². The number of nitrogens with one attached hydrogen (secondary N) is 1. The Hall–Kier alpha value is -2.46. The van der Waals surface area contributed by atoms with E-state index in [-0.39, 0.29) is 23.7 Å². The quantitative estimate of drug-likeness (QED) is 0.716. The Labute approximate surface area is 133 Å². The monoisotopic (exact) mass is 347 g/mol. The highest BCUT2D eigenvalue weighted by atomic mass is 19.4. The number of nitrogens with two attached hydrogens (primary N) is 1. The summed E-state index contributed by atoms with van der Waals surface area (Å²) in [4.78, 5) is 15.6. The molecule has 1 atom stereocenters. The predicted molar refractivity (Wildman–Crippen MR) is 73.1 cm³/mol. The minimum atomic E-state index is -4.69. The number of nitrogens with zero attached hydrogens (tertiary/aromatic N) is 1. The van der Waals surface area contributed by atoms with Crippen LogP contribution in [0, 0.1) is 5.82 Å². The molecule has 0 spiro atoms. The van der Waals surface area contributed by atoms with E-state index in [2.05, 4.69) is 10.3 Å². The van der Waals surface area contributed by atoms with Crippen molar-refractivity contribution < 1.29 is 31.9 Å². The molecule has 4 N–H and O–H groups in total. The highest BCUT2D eigenvalue weighted by molar-refractivity contribution is 5.91. The average molecular weight is 347 g/mol. The molecule has 6 nitrogen and oxygen atoms in total. The van der Waals surface area contributed by atoms with Gasteiger partial charge in [-0.2, -0.15) is 13.2 Å². The second kappa shape index (κ2) is 6.97. The van der Waals surface area contributed by atoms with Crippen molar-refractivity contribution in [3.8, 4) is 0 Å². The van der Waals surface area contributed by atoms with Gasteiger partial charge in [-0.25, -0.2) is 9.37 Å². The van der Waals surface area contributed by atoms with Crippen LogP contribution < -0.4 is 11.1 Å². The Kier molecular flexibility index (Phi) is 5.20. The van der Waals surface area contributed by atoms with Crippen molar-refractivity contribution in [1.82, 2.24) is 10.3 Å². The van der Waals surface area contributed by atoms with Crippen molar-refractivity contribution in [3.05, 3.63) is 53.0 Å². The first-order valence-electron chi connectivity index (χ1n) is 6.67. The number of alkyl halides is 3. The highest BCUT2D eigenvalue weighted by Gasteiger charge is 2.31. The van der Waals surface area contributed by atoms with Gasteiger partial charge in [-0.3, -0.25) is 4.79 Å². The number of amides is 1. The van der Waals surface area contributed by atoms with Gasteiger partial charge in [0.05, 0.1) is 12.2 Å². The second-order valence-electron chi connectivity index (χ2n) is 4.89. The van der Waals surface area contributed by atoms with Crippen LogP contribution in [-0.4, -0.2) is 22.6 Å². The molecule has 1 unspecified atom stereocenters. The molecule has 1 aromatic heterocycles. The van der Waals surface area contributed by atoms with E-state index in [1.165, 1.54) is 0 Å². The first-order chi connectivity index (χ1) is 11.2. The second-order valence-corrected chi connectivity index (χ2v) is 4.89. The van der Waals surface area contributed by atoms with Gasteiger partial charge in [-0.1, -0.05) is 0 Å². The molecular formula is C14H13F4N3O3. The van der Waals surface area contributed by atoms with Crippen LogP contribution in [0.3, 0.4) is 0 Å². The summed E-state index contributed by atoms with van der Waals surface area (Å²) in [5, 5.41) is 11.1. The summed E-state index contributed by atoms with van der Waals surface area (Å²) < 4.78 is 56.0. The Bertz CT molecular complexity index is 730.